The summed E-state index contributed by atoms with van der Waals surface area (Å²) in [5.41, 5.74) is 2.81. The highest BCUT2D eigenvalue weighted by Gasteiger charge is 2.32. The van der Waals surface area contributed by atoms with Gasteiger partial charge in [0.15, 0.2) is 0 Å². The minimum absolute atomic E-state index is 0.0864. The normalized spacial score (nSPS) is 18.8. The zero-order valence-corrected chi connectivity index (χ0v) is 12.0. The molecule has 0 aliphatic heterocycles. The van der Waals surface area contributed by atoms with Crippen molar-refractivity contribution < 1.29 is 13.2 Å². The zero-order valence-electron chi connectivity index (χ0n) is 11.2. The summed E-state index contributed by atoms with van der Waals surface area (Å²) in [6.45, 7) is 0. The molecule has 2 aromatic rings. The highest BCUT2D eigenvalue weighted by Crippen LogP contribution is 2.40. The van der Waals surface area contributed by atoms with E-state index in [9.17, 15) is 13.2 Å². The number of alkyl halides is 4. The predicted octanol–water partition coefficient (Wildman–Crippen LogP) is 5.20. The van der Waals surface area contributed by atoms with E-state index >= 15 is 0 Å². The Morgan fingerprint density at radius 2 is 1.71 bits per heavy atom. The third-order valence-corrected chi connectivity index (χ3v) is 4.50. The van der Waals surface area contributed by atoms with Crippen molar-refractivity contribution in [3.05, 3.63) is 70.8 Å². The first kappa shape index (κ1) is 14.5. The first-order valence-electron chi connectivity index (χ1n) is 6.83. The van der Waals surface area contributed by atoms with Crippen molar-refractivity contribution in [2.45, 2.75) is 30.3 Å². The molecule has 2 unspecified atom stereocenters. The molecule has 1 aliphatic rings. The van der Waals surface area contributed by atoms with Crippen molar-refractivity contribution >= 4 is 11.6 Å². The average molecular weight is 311 g/mol. The van der Waals surface area contributed by atoms with Crippen LogP contribution in [0.1, 0.15) is 28.2 Å². The molecule has 0 fully saturated rings. The van der Waals surface area contributed by atoms with E-state index in [0.717, 1.165) is 24.1 Å². The van der Waals surface area contributed by atoms with Crippen LogP contribution in [0.4, 0.5) is 13.2 Å². The maximum Gasteiger partial charge on any atom is 0.416 e. The summed E-state index contributed by atoms with van der Waals surface area (Å²) in [6, 6.07) is 13.4. The van der Waals surface area contributed by atoms with Crippen molar-refractivity contribution in [1.82, 2.24) is 0 Å². The number of halogens is 4. The Labute approximate surface area is 126 Å². The number of rotatable bonds is 3. The van der Waals surface area contributed by atoms with Gasteiger partial charge in [-0.3, -0.25) is 0 Å². The number of hydrogen-bond donors (Lipinski definition) is 0. The Morgan fingerprint density at radius 3 is 2.33 bits per heavy atom. The van der Waals surface area contributed by atoms with Crippen LogP contribution >= 0.6 is 11.6 Å². The van der Waals surface area contributed by atoms with E-state index in [1.807, 2.05) is 12.1 Å². The summed E-state index contributed by atoms with van der Waals surface area (Å²) in [6.07, 6.45) is -2.75. The summed E-state index contributed by atoms with van der Waals surface area (Å²) in [4.78, 5) is 0. The quantitative estimate of drug-likeness (QED) is 0.684. The molecule has 3 rings (SSSR count). The molecule has 0 aromatic heterocycles. The third-order valence-electron chi connectivity index (χ3n) is 4.04. The lowest BCUT2D eigenvalue weighted by Crippen LogP contribution is -2.26. The topological polar surface area (TPSA) is 0 Å². The van der Waals surface area contributed by atoms with Gasteiger partial charge in [0.05, 0.1) is 5.56 Å². The molecular formula is C17H14ClF3. The summed E-state index contributed by atoms with van der Waals surface area (Å²) >= 11 is 6.45. The van der Waals surface area contributed by atoms with Crippen LogP contribution in [0, 0.1) is 0 Å². The second-order valence-electron chi connectivity index (χ2n) is 5.42. The lowest BCUT2D eigenvalue weighted by Gasteiger charge is -2.33. The number of benzene rings is 2. The van der Waals surface area contributed by atoms with Gasteiger partial charge in [0, 0.05) is 11.3 Å². The maximum absolute atomic E-state index is 12.5. The van der Waals surface area contributed by atoms with E-state index < -0.39 is 11.7 Å². The Bertz CT molecular complexity index is 631. The van der Waals surface area contributed by atoms with Crippen LogP contribution in [0.2, 0.25) is 0 Å². The van der Waals surface area contributed by atoms with Crippen LogP contribution < -0.4 is 0 Å². The summed E-state index contributed by atoms with van der Waals surface area (Å²) in [7, 11) is 0. The van der Waals surface area contributed by atoms with E-state index in [1.54, 1.807) is 0 Å². The average Bonchev–Trinajstić information content (AvgIpc) is 2.40. The van der Waals surface area contributed by atoms with E-state index in [4.69, 9.17) is 11.6 Å². The fourth-order valence-corrected chi connectivity index (χ4v) is 3.22. The molecule has 0 saturated carbocycles. The highest BCUT2D eigenvalue weighted by atomic mass is 35.5. The molecule has 0 nitrogen and oxygen atoms in total. The summed E-state index contributed by atoms with van der Waals surface area (Å²) in [5, 5.41) is -0.0864. The molecule has 0 N–H and O–H groups in total. The number of hydrogen-bond acceptors (Lipinski definition) is 0. The van der Waals surface area contributed by atoms with Crippen LogP contribution in [0.3, 0.4) is 0 Å². The minimum Gasteiger partial charge on any atom is -0.166 e. The molecule has 0 heterocycles. The summed E-state index contributed by atoms with van der Waals surface area (Å²) in [5.74, 6) is 0.296. The minimum atomic E-state index is -4.29. The first-order chi connectivity index (χ1) is 9.95. The fraction of sp³-hybridized carbons (Fsp3) is 0.294. The van der Waals surface area contributed by atoms with Crippen LogP contribution in [-0.4, -0.2) is 5.38 Å². The molecule has 0 amide bonds. The van der Waals surface area contributed by atoms with Gasteiger partial charge >= 0.3 is 6.18 Å². The largest absolute Gasteiger partial charge is 0.416 e. The van der Waals surface area contributed by atoms with Crippen LogP contribution in [0.5, 0.6) is 0 Å². The van der Waals surface area contributed by atoms with Gasteiger partial charge in [-0.1, -0.05) is 36.4 Å². The second kappa shape index (κ2) is 5.38. The Morgan fingerprint density at radius 1 is 1.05 bits per heavy atom. The molecule has 2 atom stereocenters. The molecule has 0 saturated heterocycles. The predicted molar refractivity (Wildman–Crippen MR) is 77.7 cm³/mol. The lowest BCUT2D eigenvalue weighted by molar-refractivity contribution is -0.137. The van der Waals surface area contributed by atoms with Gasteiger partial charge in [0.25, 0.3) is 0 Å². The van der Waals surface area contributed by atoms with Gasteiger partial charge in [0.2, 0.25) is 0 Å². The Kier molecular flexibility index (Phi) is 3.70. The van der Waals surface area contributed by atoms with Gasteiger partial charge in [-0.05, 0) is 41.7 Å². The molecule has 0 radical (unpaired) electrons. The first-order valence-corrected chi connectivity index (χ1v) is 7.27. The van der Waals surface area contributed by atoms with E-state index in [0.29, 0.717) is 12.3 Å². The van der Waals surface area contributed by atoms with Crippen molar-refractivity contribution in [2.75, 3.05) is 0 Å². The monoisotopic (exact) mass is 310 g/mol. The van der Waals surface area contributed by atoms with Crippen molar-refractivity contribution in [1.29, 1.82) is 0 Å². The molecular weight excluding hydrogens is 297 g/mol. The Hall–Kier alpha value is -1.48. The molecule has 4 heteroatoms. The van der Waals surface area contributed by atoms with Crippen LogP contribution in [0.15, 0.2) is 48.5 Å². The van der Waals surface area contributed by atoms with E-state index in [1.165, 1.54) is 23.3 Å². The molecule has 2 aromatic carbocycles. The van der Waals surface area contributed by atoms with E-state index in [2.05, 4.69) is 12.1 Å². The van der Waals surface area contributed by atoms with Crippen LogP contribution in [-0.2, 0) is 19.0 Å². The van der Waals surface area contributed by atoms with Crippen molar-refractivity contribution in [2.24, 2.45) is 0 Å². The van der Waals surface area contributed by atoms with E-state index in [-0.39, 0.29) is 5.38 Å². The van der Waals surface area contributed by atoms with Crippen LogP contribution in [0.25, 0.3) is 0 Å². The van der Waals surface area contributed by atoms with Gasteiger partial charge in [0.1, 0.15) is 0 Å². The molecule has 0 bridgehead atoms. The van der Waals surface area contributed by atoms with Crippen molar-refractivity contribution in [3.63, 3.8) is 0 Å². The maximum atomic E-state index is 12.5. The smallest absolute Gasteiger partial charge is 0.166 e. The standard InChI is InChI=1S/C17H14ClF3/c18-16(15-10-12-3-1-2-4-14(12)15)9-11-5-7-13(8-6-11)17(19,20)21/h1-8,15-16H,9-10H2. The molecule has 0 spiro atoms. The zero-order chi connectivity index (χ0) is 15.0. The second-order valence-corrected chi connectivity index (χ2v) is 5.98. The van der Waals surface area contributed by atoms with Gasteiger partial charge < -0.3 is 0 Å². The lowest BCUT2D eigenvalue weighted by atomic mass is 9.74. The summed E-state index contributed by atoms with van der Waals surface area (Å²) < 4.78 is 37.5. The third kappa shape index (κ3) is 2.93. The van der Waals surface area contributed by atoms with Gasteiger partial charge in [-0.25, -0.2) is 0 Å². The molecule has 21 heavy (non-hydrogen) atoms. The SMILES string of the molecule is FC(F)(F)c1ccc(CC(Cl)C2Cc3ccccc32)cc1. The van der Waals surface area contributed by atoms with Gasteiger partial charge in [-0.15, -0.1) is 11.6 Å². The Balaban J connectivity index is 1.68. The highest BCUT2D eigenvalue weighted by molar-refractivity contribution is 6.21. The van der Waals surface area contributed by atoms with Crippen molar-refractivity contribution in [3.8, 4) is 0 Å². The molecule has 1 aliphatic carbocycles. The van der Waals surface area contributed by atoms with Gasteiger partial charge in [-0.2, -0.15) is 13.2 Å². The fourth-order valence-electron chi connectivity index (χ4n) is 2.82. The number of fused-ring (bicyclic) bond motifs is 1. The molecule has 110 valence electrons.